The molecule has 0 N–H and O–H groups in total. The van der Waals surface area contributed by atoms with Gasteiger partial charge in [0, 0.05) is 36.3 Å². The van der Waals surface area contributed by atoms with Gasteiger partial charge < -0.3 is 4.42 Å². The second-order valence-electron chi connectivity index (χ2n) is 6.45. The number of piperidine rings is 1. The molecule has 4 rings (SSSR count). The summed E-state index contributed by atoms with van der Waals surface area (Å²) in [4.78, 5) is 14.5. The predicted octanol–water partition coefficient (Wildman–Crippen LogP) is 4.22. The van der Waals surface area contributed by atoms with E-state index in [9.17, 15) is 9.18 Å². The number of hydrogen-bond donors (Lipinski definition) is 0. The lowest BCUT2D eigenvalue weighted by molar-refractivity contribution is 0.175. The van der Waals surface area contributed by atoms with Crippen LogP contribution in [0.15, 0.2) is 51.7 Å². The monoisotopic (exact) mass is 360 g/mol. The minimum absolute atomic E-state index is 0.0732. The molecule has 25 heavy (non-hydrogen) atoms. The summed E-state index contributed by atoms with van der Waals surface area (Å²) in [6.07, 6.45) is 1.63. The highest BCUT2D eigenvalue weighted by atomic mass is 35.5. The van der Waals surface area contributed by atoms with Crippen molar-refractivity contribution in [1.82, 2.24) is 9.47 Å². The molecule has 0 radical (unpaired) electrons. The summed E-state index contributed by atoms with van der Waals surface area (Å²) in [5, 5.41) is 0.582. The summed E-state index contributed by atoms with van der Waals surface area (Å²) in [5.74, 6) is -0.513. The summed E-state index contributed by atoms with van der Waals surface area (Å²) in [6, 6.07) is 12.1. The number of fused-ring (bicyclic) bond motifs is 1. The maximum absolute atomic E-state index is 13.8. The topological polar surface area (TPSA) is 38.4 Å². The lowest BCUT2D eigenvalue weighted by Crippen LogP contribution is -2.36. The Hall–Kier alpha value is -2.11. The van der Waals surface area contributed by atoms with Crippen LogP contribution in [-0.4, -0.2) is 22.6 Å². The first kappa shape index (κ1) is 16.4. The molecule has 0 aliphatic carbocycles. The number of benzene rings is 2. The van der Waals surface area contributed by atoms with Gasteiger partial charge in [0.1, 0.15) is 5.82 Å². The molecule has 130 valence electrons. The van der Waals surface area contributed by atoms with Gasteiger partial charge in [0.05, 0.1) is 5.52 Å². The van der Waals surface area contributed by atoms with Crippen molar-refractivity contribution in [2.75, 3.05) is 13.1 Å². The highest BCUT2D eigenvalue weighted by Gasteiger charge is 2.25. The van der Waals surface area contributed by atoms with Crippen molar-refractivity contribution < 1.29 is 8.81 Å². The van der Waals surface area contributed by atoms with Crippen molar-refractivity contribution in [3.63, 3.8) is 0 Å². The second-order valence-corrected chi connectivity index (χ2v) is 6.89. The molecule has 0 bridgehead atoms. The van der Waals surface area contributed by atoms with Crippen LogP contribution in [0.5, 0.6) is 0 Å². The van der Waals surface area contributed by atoms with Gasteiger partial charge >= 0.3 is 5.76 Å². The molecule has 1 saturated heterocycles. The van der Waals surface area contributed by atoms with Crippen LogP contribution in [-0.2, 0) is 6.54 Å². The van der Waals surface area contributed by atoms with E-state index in [2.05, 4.69) is 4.90 Å². The maximum atomic E-state index is 13.8. The number of nitrogens with zero attached hydrogens (tertiary/aromatic N) is 2. The van der Waals surface area contributed by atoms with Gasteiger partial charge in [-0.25, -0.2) is 9.18 Å². The molecule has 2 aromatic carbocycles. The molecule has 4 nitrogen and oxygen atoms in total. The fraction of sp³-hybridized carbons (Fsp3) is 0.316. The van der Waals surface area contributed by atoms with Crippen LogP contribution in [0.3, 0.4) is 0 Å². The first-order chi connectivity index (χ1) is 12.1. The number of rotatable bonds is 3. The summed E-state index contributed by atoms with van der Waals surface area (Å²) in [6.45, 7) is 2.20. The Bertz CT molecular complexity index is 957. The lowest BCUT2D eigenvalue weighted by Gasteiger charge is -2.32. The smallest absolute Gasteiger partial charge is 0.408 e. The first-order valence-corrected chi connectivity index (χ1v) is 8.76. The van der Waals surface area contributed by atoms with Gasteiger partial charge in [0.15, 0.2) is 5.58 Å². The Balaban J connectivity index is 1.51. The van der Waals surface area contributed by atoms with E-state index in [0.717, 1.165) is 31.4 Å². The van der Waals surface area contributed by atoms with E-state index in [1.807, 2.05) is 12.1 Å². The van der Waals surface area contributed by atoms with Crippen LogP contribution in [0.2, 0.25) is 5.02 Å². The van der Waals surface area contributed by atoms with E-state index in [4.69, 9.17) is 16.0 Å². The summed E-state index contributed by atoms with van der Waals surface area (Å²) < 4.78 is 20.9. The highest BCUT2D eigenvalue weighted by Crippen LogP contribution is 2.28. The molecule has 6 heteroatoms. The van der Waals surface area contributed by atoms with Gasteiger partial charge in [-0.2, -0.15) is 0 Å². The zero-order valence-corrected chi connectivity index (χ0v) is 14.4. The molecule has 0 saturated carbocycles. The third-order valence-corrected chi connectivity index (χ3v) is 5.08. The molecule has 3 aromatic rings. The van der Waals surface area contributed by atoms with Gasteiger partial charge in [-0.3, -0.25) is 9.47 Å². The van der Waals surface area contributed by atoms with Crippen LogP contribution in [0.1, 0.15) is 24.4 Å². The van der Waals surface area contributed by atoms with Crippen molar-refractivity contribution in [2.24, 2.45) is 0 Å². The summed E-state index contributed by atoms with van der Waals surface area (Å²) in [7, 11) is 0. The van der Waals surface area contributed by atoms with E-state index in [1.54, 1.807) is 28.8 Å². The third kappa shape index (κ3) is 3.22. The number of halogens is 2. The Kier molecular flexibility index (Phi) is 4.36. The highest BCUT2D eigenvalue weighted by molar-refractivity contribution is 6.31. The Morgan fingerprint density at radius 2 is 1.92 bits per heavy atom. The van der Waals surface area contributed by atoms with Crippen molar-refractivity contribution in [1.29, 1.82) is 0 Å². The van der Waals surface area contributed by atoms with Crippen molar-refractivity contribution in [3.8, 4) is 0 Å². The molecule has 1 fully saturated rings. The van der Waals surface area contributed by atoms with E-state index >= 15 is 0 Å². The molecule has 1 aliphatic heterocycles. The lowest BCUT2D eigenvalue weighted by atomic mass is 10.0. The SMILES string of the molecule is O=c1oc2ccc(Cl)cc2n1C1CCN(Cc2ccccc2F)CC1. The number of aromatic nitrogens is 1. The molecular formula is C19H18ClFN2O2. The van der Waals surface area contributed by atoms with Crippen LogP contribution in [0.4, 0.5) is 4.39 Å². The zero-order valence-electron chi connectivity index (χ0n) is 13.6. The Morgan fingerprint density at radius 3 is 2.68 bits per heavy atom. The first-order valence-electron chi connectivity index (χ1n) is 8.38. The van der Waals surface area contributed by atoms with Crippen molar-refractivity contribution in [2.45, 2.75) is 25.4 Å². The molecule has 0 unspecified atom stereocenters. The number of likely N-dealkylation sites (tertiary alicyclic amines) is 1. The largest absolute Gasteiger partial charge is 0.420 e. The van der Waals surface area contributed by atoms with Crippen LogP contribution >= 0.6 is 11.6 Å². The molecule has 0 amide bonds. The minimum atomic E-state index is -0.343. The number of hydrogen-bond acceptors (Lipinski definition) is 3. The number of oxazole rings is 1. The van der Waals surface area contributed by atoms with Crippen LogP contribution in [0.25, 0.3) is 11.1 Å². The fourth-order valence-electron chi connectivity index (χ4n) is 3.56. The van der Waals surface area contributed by atoms with Gasteiger partial charge in [0.25, 0.3) is 0 Å². The van der Waals surface area contributed by atoms with Gasteiger partial charge in [-0.15, -0.1) is 0 Å². The van der Waals surface area contributed by atoms with E-state index in [0.29, 0.717) is 22.7 Å². The van der Waals surface area contributed by atoms with Crippen LogP contribution < -0.4 is 5.76 Å². The summed E-state index contributed by atoms with van der Waals surface area (Å²) >= 11 is 6.07. The predicted molar refractivity (Wildman–Crippen MR) is 95.4 cm³/mol. The third-order valence-electron chi connectivity index (χ3n) is 4.85. The fourth-order valence-corrected chi connectivity index (χ4v) is 3.72. The molecule has 0 spiro atoms. The molecule has 2 heterocycles. The summed E-state index contributed by atoms with van der Waals surface area (Å²) in [5.41, 5.74) is 2.01. The average molecular weight is 361 g/mol. The quantitative estimate of drug-likeness (QED) is 0.701. The Morgan fingerprint density at radius 1 is 1.16 bits per heavy atom. The molecule has 1 aromatic heterocycles. The van der Waals surface area contributed by atoms with Crippen molar-refractivity contribution in [3.05, 3.63) is 69.4 Å². The molecular weight excluding hydrogens is 343 g/mol. The van der Waals surface area contributed by atoms with E-state index in [-0.39, 0.29) is 17.6 Å². The molecule has 1 aliphatic rings. The van der Waals surface area contributed by atoms with Gasteiger partial charge in [0.2, 0.25) is 0 Å². The standard InChI is InChI=1S/C19H18ClFN2O2/c20-14-5-6-18-17(11-14)23(19(24)25-18)15-7-9-22(10-8-15)12-13-3-1-2-4-16(13)21/h1-6,11,15H,7-10,12H2. The van der Waals surface area contributed by atoms with E-state index < -0.39 is 0 Å². The van der Waals surface area contributed by atoms with Crippen molar-refractivity contribution >= 4 is 22.7 Å². The zero-order chi connectivity index (χ0) is 17.4. The minimum Gasteiger partial charge on any atom is -0.408 e. The van der Waals surface area contributed by atoms with Crippen LogP contribution in [0, 0.1) is 5.82 Å². The maximum Gasteiger partial charge on any atom is 0.420 e. The normalized spacial score (nSPS) is 16.6. The average Bonchev–Trinajstić information content (AvgIpc) is 2.93. The van der Waals surface area contributed by atoms with Gasteiger partial charge in [-0.05, 0) is 37.1 Å². The Labute approximate surface area is 149 Å². The van der Waals surface area contributed by atoms with E-state index in [1.165, 1.54) is 6.07 Å². The molecule has 0 atom stereocenters. The second kappa shape index (κ2) is 6.65. The van der Waals surface area contributed by atoms with Gasteiger partial charge in [-0.1, -0.05) is 29.8 Å².